The van der Waals surface area contributed by atoms with E-state index in [2.05, 4.69) is 15.4 Å². The summed E-state index contributed by atoms with van der Waals surface area (Å²) in [5, 5.41) is 12.5. The van der Waals surface area contributed by atoms with Crippen molar-refractivity contribution in [3.05, 3.63) is 54.1 Å². The van der Waals surface area contributed by atoms with E-state index in [-0.39, 0.29) is 0 Å². The van der Waals surface area contributed by atoms with E-state index in [0.717, 1.165) is 16.7 Å². The Morgan fingerprint density at radius 1 is 0.889 bits per heavy atom. The van der Waals surface area contributed by atoms with E-state index in [0.29, 0.717) is 5.88 Å². The van der Waals surface area contributed by atoms with E-state index >= 15 is 0 Å². The fourth-order valence-electron chi connectivity index (χ4n) is 1.70. The molecule has 0 radical (unpaired) electrons. The molecule has 0 bridgehead atoms. The average molecular weight is 237 g/mol. The van der Waals surface area contributed by atoms with Gasteiger partial charge in [0.15, 0.2) is 0 Å². The van der Waals surface area contributed by atoms with Gasteiger partial charge in [-0.05, 0) is 36.4 Å². The Labute approximate surface area is 104 Å². The summed E-state index contributed by atoms with van der Waals surface area (Å²) in [4.78, 5) is 0. The van der Waals surface area contributed by atoms with Gasteiger partial charge >= 0.3 is 0 Å². The smallest absolute Gasteiger partial charge is 0.250 e. The number of ether oxygens (including phenoxy) is 1. The second kappa shape index (κ2) is 4.41. The zero-order valence-electron chi connectivity index (χ0n) is 9.87. The van der Waals surface area contributed by atoms with Crippen molar-refractivity contribution in [2.24, 2.45) is 0 Å². The number of benzene rings is 2. The number of fused-ring (bicyclic) bond motifs is 1. The zero-order chi connectivity index (χ0) is 12.4. The van der Waals surface area contributed by atoms with Gasteiger partial charge in [-0.3, -0.25) is 0 Å². The molecular weight excluding hydrogens is 226 g/mol. The van der Waals surface area contributed by atoms with Crippen LogP contribution in [0.5, 0.6) is 11.6 Å². The van der Waals surface area contributed by atoms with Crippen molar-refractivity contribution in [1.29, 1.82) is 0 Å². The van der Waals surface area contributed by atoms with Crippen molar-refractivity contribution < 1.29 is 4.74 Å². The van der Waals surface area contributed by atoms with Crippen LogP contribution in [-0.4, -0.2) is 15.4 Å². The topological polar surface area (TPSA) is 47.9 Å². The Morgan fingerprint density at radius 2 is 1.67 bits per heavy atom. The normalized spacial score (nSPS) is 10.5. The number of hydrogen-bond donors (Lipinski definition) is 0. The maximum atomic E-state index is 5.73. The van der Waals surface area contributed by atoms with Crippen LogP contribution >= 0.6 is 0 Å². The lowest BCUT2D eigenvalue weighted by Gasteiger charge is -2.06. The summed E-state index contributed by atoms with van der Waals surface area (Å²) in [6.45, 7) is 2.03. The maximum absolute atomic E-state index is 5.73. The van der Waals surface area contributed by atoms with Crippen molar-refractivity contribution in [2.75, 3.05) is 0 Å². The molecule has 3 aromatic rings. The largest absolute Gasteiger partial charge is 0.437 e. The highest BCUT2D eigenvalue weighted by Gasteiger charge is 2.06. The highest BCUT2D eigenvalue weighted by Crippen LogP contribution is 2.25. The maximum Gasteiger partial charge on any atom is 0.250 e. The van der Waals surface area contributed by atoms with Gasteiger partial charge in [0.2, 0.25) is 5.88 Å². The predicted molar refractivity (Wildman–Crippen MR) is 68.6 cm³/mol. The first-order valence-electron chi connectivity index (χ1n) is 5.65. The minimum absolute atomic E-state index is 0.476. The highest BCUT2D eigenvalue weighted by atomic mass is 16.5. The van der Waals surface area contributed by atoms with Gasteiger partial charge in [-0.15, -0.1) is 5.10 Å². The van der Waals surface area contributed by atoms with Gasteiger partial charge in [0.1, 0.15) is 11.3 Å². The van der Waals surface area contributed by atoms with Crippen LogP contribution in [0.4, 0.5) is 0 Å². The van der Waals surface area contributed by atoms with Crippen LogP contribution in [0.2, 0.25) is 0 Å². The van der Waals surface area contributed by atoms with E-state index in [1.165, 1.54) is 5.56 Å². The van der Waals surface area contributed by atoms with Crippen molar-refractivity contribution in [1.82, 2.24) is 15.4 Å². The Balaban J connectivity index is 2.02. The van der Waals surface area contributed by atoms with Gasteiger partial charge in [0.25, 0.3) is 0 Å². The van der Waals surface area contributed by atoms with Crippen LogP contribution in [0.3, 0.4) is 0 Å². The Morgan fingerprint density at radius 3 is 2.50 bits per heavy atom. The first-order valence-corrected chi connectivity index (χ1v) is 5.65. The standard InChI is InChI=1S/C14H11N3O/c1-10-6-8-11(9-7-10)18-14-12-4-2-3-5-13(12)15-17-16-14/h2-9H,1H3. The third-order valence-electron chi connectivity index (χ3n) is 2.66. The molecule has 0 saturated carbocycles. The van der Waals surface area contributed by atoms with Crippen molar-refractivity contribution in [2.45, 2.75) is 6.92 Å². The lowest BCUT2D eigenvalue weighted by Crippen LogP contribution is -1.94. The summed E-state index contributed by atoms with van der Waals surface area (Å²) in [6.07, 6.45) is 0. The molecule has 1 heterocycles. The van der Waals surface area contributed by atoms with Crippen LogP contribution < -0.4 is 4.74 Å². The molecule has 0 amide bonds. The Hall–Kier alpha value is -2.49. The monoisotopic (exact) mass is 237 g/mol. The molecule has 0 fully saturated rings. The fourth-order valence-corrected chi connectivity index (χ4v) is 1.70. The molecule has 1 aromatic heterocycles. The first-order chi connectivity index (χ1) is 8.83. The van der Waals surface area contributed by atoms with E-state index in [1.54, 1.807) is 0 Å². The van der Waals surface area contributed by atoms with Crippen molar-refractivity contribution in [3.63, 3.8) is 0 Å². The summed E-state index contributed by atoms with van der Waals surface area (Å²) in [7, 11) is 0. The van der Waals surface area contributed by atoms with Crippen LogP contribution in [0.25, 0.3) is 10.9 Å². The molecule has 4 heteroatoms. The second-order valence-corrected chi connectivity index (χ2v) is 4.03. The van der Waals surface area contributed by atoms with E-state index < -0.39 is 0 Å². The number of aryl methyl sites for hydroxylation is 1. The van der Waals surface area contributed by atoms with E-state index in [1.807, 2.05) is 55.5 Å². The Kier molecular flexibility index (Phi) is 2.61. The Bertz CT molecular complexity index is 675. The first kappa shape index (κ1) is 10.7. The molecule has 0 saturated heterocycles. The van der Waals surface area contributed by atoms with Gasteiger partial charge in [-0.1, -0.05) is 34.9 Å². The summed E-state index contributed by atoms with van der Waals surface area (Å²) < 4.78 is 5.73. The number of rotatable bonds is 2. The molecule has 2 aromatic carbocycles. The van der Waals surface area contributed by atoms with Gasteiger partial charge in [0.05, 0.1) is 5.39 Å². The molecule has 0 spiro atoms. The van der Waals surface area contributed by atoms with Gasteiger partial charge in [-0.2, -0.15) is 0 Å². The summed E-state index contributed by atoms with van der Waals surface area (Å²) in [5.74, 6) is 1.22. The predicted octanol–water partition coefficient (Wildman–Crippen LogP) is 3.13. The molecule has 18 heavy (non-hydrogen) atoms. The van der Waals surface area contributed by atoms with E-state index in [9.17, 15) is 0 Å². The fraction of sp³-hybridized carbons (Fsp3) is 0.0714. The number of hydrogen-bond acceptors (Lipinski definition) is 4. The molecule has 0 aliphatic rings. The molecule has 3 rings (SSSR count). The minimum atomic E-state index is 0.476. The molecule has 0 N–H and O–H groups in total. The van der Waals surface area contributed by atoms with Gasteiger partial charge in [-0.25, -0.2) is 0 Å². The van der Waals surface area contributed by atoms with E-state index in [4.69, 9.17) is 4.74 Å². The summed E-state index contributed by atoms with van der Waals surface area (Å²) in [6, 6.07) is 15.4. The average Bonchev–Trinajstić information content (AvgIpc) is 2.42. The molecule has 0 atom stereocenters. The minimum Gasteiger partial charge on any atom is -0.437 e. The molecule has 88 valence electrons. The van der Waals surface area contributed by atoms with Crippen LogP contribution in [0.1, 0.15) is 5.56 Å². The second-order valence-electron chi connectivity index (χ2n) is 4.03. The van der Waals surface area contributed by atoms with Crippen LogP contribution in [0.15, 0.2) is 48.5 Å². The number of nitrogens with zero attached hydrogens (tertiary/aromatic N) is 3. The number of aromatic nitrogens is 3. The van der Waals surface area contributed by atoms with Crippen molar-refractivity contribution in [3.8, 4) is 11.6 Å². The van der Waals surface area contributed by atoms with Gasteiger partial charge in [0, 0.05) is 0 Å². The highest BCUT2D eigenvalue weighted by molar-refractivity contribution is 5.82. The molecule has 0 aliphatic heterocycles. The molecule has 4 nitrogen and oxygen atoms in total. The SMILES string of the molecule is Cc1ccc(Oc2nnnc3ccccc23)cc1. The summed E-state index contributed by atoms with van der Waals surface area (Å²) >= 11 is 0. The van der Waals surface area contributed by atoms with Crippen LogP contribution in [0, 0.1) is 6.92 Å². The lowest BCUT2D eigenvalue weighted by atomic mass is 10.2. The molecule has 0 unspecified atom stereocenters. The summed E-state index contributed by atoms with van der Waals surface area (Å²) in [5.41, 5.74) is 1.96. The van der Waals surface area contributed by atoms with Crippen LogP contribution in [-0.2, 0) is 0 Å². The third-order valence-corrected chi connectivity index (χ3v) is 2.66. The lowest BCUT2D eigenvalue weighted by molar-refractivity contribution is 0.458. The quantitative estimate of drug-likeness (QED) is 0.687. The molecular formula is C14H11N3O. The zero-order valence-corrected chi connectivity index (χ0v) is 9.87. The molecule has 0 aliphatic carbocycles. The van der Waals surface area contributed by atoms with Crippen molar-refractivity contribution >= 4 is 10.9 Å². The third kappa shape index (κ3) is 2.00. The van der Waals surface area contributed by atoms with Gasteiger partial charge < -0.3 is 4.74 Å².